The van der Waals surface area contributed by atoms with E-state index in [-0.39, 0.29) is 12.1 Å². The maximum atomic E-state index is 13.8. The number of aromatic nitrogens is 3. The van der Waals surface area contributed by atoms with Crippen molar-refractivity contribution >= 4 is 0 Å². The molecule has 0 radical (unpaired) electrons. The van der Waals surface area contributed by atoms with Gasteiger partial charge in [0.25, 0.3) is 0 Å². The topological polar surface area (TPSA) is 71.2 Å². The summed E-state index contributed by atoms with van der Waals surface area (Å²) in [5.41, 5.74) is -2.12. The van der Waals surface area contributed by atoms with E-state index in [1.165, 1.54) is 24.3 Å². The second kappa shape index (κ2) is 5.02. The predicted molar refractivity (Wildman–Crippen MR) is 62.0 cm³/mol. The molecule has 1 heterocycles. The van der Waals surface area contributed by atoms with Crippen LogP contribution in [0.15, 0.2) is 30.9 Å². The molecule has 0 amide bonds. The highest BCUT2D eigenvalue weighted by Crippen LogP contribution is 2.29. The van der Waals surface area contributed by atoms with Crippen molar-refractivity contribution in [2.75, 3.05) is 0 Å². The van der Waals surface area contributed by atoms with E-state index in [4.69, 9.17) is 0 Å². The molecule has 19 heavy (non-hydrogen) atoms. The van der Waals surface area contributed by atoms with Crippen molar-refractivity contribution in [3.63, 3.8) is 0 Å². The molecule has 2 atom stereocenters. The smallest absolute Gasteiger partial charge is 0.137 e. The maximum Gasteiger partial charge on any atom is 0.137 e. The Morgan fingerprint density at radius 1 is 1.42 bits per heavy atom. The summed E-state index contributed by atoms with van der Waals surface area (Å²) < 4.78 is 27.9. The second-order valence-corrected chi connectivity index (χ2v) is 4.32. The van der Waals surface area contributed by atoms with E-state index in [0.29, 0.717) is 6.07 Å². The summed E-state index contributed by atoms with van der Waals surface area (Å²) in [5.74, 6) is -1.68. The van der Waals surface area contributed by atoms with Gasteiger partial charge in [0.05, 0.1) is 12.6 Å². The van der Waals surface area contributed by atoms with Crippen LogP contribution in [-0.4, -0.2) is 31.1 Å². The Hall–Kier alpha value is -1.86. The SMILES string of the molecule is C[C@@H](O)C(O)(Cn1cncn1)c1ccc(F)cc1F. The first-order valence-electron chi connectivity index (χ1n) is 5.62. The van der Waals surface area contributed by atoms with Crippen LogP contribution >= 0.6 is 0 Å². The summed E-state index contributed by atoms with van der Waals surface area (Å²) in [6.45, 7) is 1.12. The Kier molecular flexibility index (Phi) is 3.59. The van der Waals surface area contributed by atoms with Gasteiger partial charge in [-0.3, -0.25) is 0 Å². The second-order valence-electron chi connectivity index (χ2n) is 4.32. The van der Waals surface area contributed by atoms with Crippen LogP contribution < -0.4 is 0 Å². The first kappa shape index (κ1) is 13.6. The molecule has 1 aromatic carbocycles. The minimum Gasteiger partial charge on any atom is -0.390 e. The zero-order chi connectivity index (χ0) is 14.0. The largest absolute Gasteiger partial charge is 0.390 e. The first-order valence-corrected chi connectivity index (χ1v) is 5.62. The Balaban J connectivity index is 2.43. The summed E-state index contributed by atoms with van der Waals surface area (Å²) in [4.78, 5) is 3.70. The Morgan fingerprint density at radius 3 is 2.68 bits per heavy atom. The fourth-order valence-corrected chi connectivity index (χ4v) is 1.84. The lowest BCUT2D eigenvalue weighted by Gasteiger charge is -2.31. The van der Waals surface area contributed by atoms with Crippen LogP contribution in [0.3, 0.4) is 0 Å². The van der Waals surface area contributed by atoms with Crippen molar-refractivity contribution < 1.29 is 19.0 Å². The number of aliphatic hydroxyl groups excluding tert-OH is 1. The fraction of sp³-hybridized carbons (Fsp3) is 0.333. The predicted octanol–water partition coefficient (Wildman–Crippen LogP) is 0.825. The van der Waals surface area contributed by atoms with E-state index >= 15 is 0 Å². The van der Waals surface area contributed by atoms with Gasteiger partial charge in [0, 0.05) is 11.6 Å². The number of rotatable bonds is 4. The highest BCUT2D eigenvalue weighted by Gasteiger charge is 2.38. The number of hydrogen-bond acceptors (Lipinski definition) is 4. The number of aliphatic hydroxyl groups is 2. The van der Waals surface area contributed by atoms with Crippen molar-refractivity contribution in [2.24, 2.45) is 0 Å². The molecule has 0 aliphatic carbocycles. The normalized spacial score (nSPS) is 16.1. The van der Waals surface area contributed by atoms with E-state index in [1.54, 1.807) is 0 Å². The summed E-state index contributed by atoms with van der Waals surface area (Å²) in [6, 6.07) is 2.78. The van der Waals surface area contributed by atoms with Gasteiger partial charge in [-0.1, -0.05) is 6.07 Å². The van der Waals surface area contributed by atoms with E-state index in [0.717, 1.165) is 12.1 Å². The van der Waals surface area contributed by atoms with Crippen LogP contribution in [0.1, 0.15) is 12.5 Å². The molecule has 2 aromatic rings. The van der Waals surface area contributed by atoms with Crippen LogP contribution in [-0.2, 0) is 12.1 Å². The monoisotopic (exact) mass is 269 g/mol. The molecule has 0 bridgehead atoms. The number of benzene rings is 1. The number of halogens is 2. The third kappa shape index (κ3) is 2.61. The van der Waals surface area contributed by atoms with E-state index in [1.807, 2.05) is 0 Å². The maximum absolute atomic E-state index is 13.8. The highest BCUT2D eigenvalue weighted by atomic mass is 19.1. The van der Waals surface area contributed by atoms with Gasteiger partial charge < -0.3 is 10.2 Å². The quantitative estimate of drug-likeness (QED) is 0.862. The Morgan fingerprint density at radius 2 is 2.16 bits per heavy atom. The van der Waals surface area contributed by atoms with E-state index < -0.39 is 23.3 Å². The molecule has 0 spiro atoms. The molecule has 7 heteroatoms. The number of nitrogens with zero attached hydrogens (tertiary/aromatic N) is 3. The minimum atomic E-state index is -1.93. The third-order valence-corrected chi connectivity index (χ3v) is 2.96. The molecule has 1 unspecified atom stereocenters. The molecule has 0 aliphatic rings. The van der Waals surface area contributed by atoms with Gasteiger partial charge in [-0.15, -0.1) is 0 Å². The molecular weight excluding hydrogens is 256 g/mol. The van der Waals surface area contributed by atoms with Gasteiger partial charge in [0.2, 0.25) is 0 Å². The van der Waals surface area contributed by atoms with Crippen LogP contribution in [0, 0.1) is 11.6 Å². The molecule has 0 saturated carbocycles. The van der Waals surface area contributed by atoms with E-state index in [2.05, 4.69) is 10.1 Å². The summed E-state index contributed by atoms with van der Waals surface area (Å²) in [5, 5.41) is 24.0. The van der Waals surface area contributed by atoms with Gasteiger partial charge >= 0.3 is 0 Å². The van der Waals surface area contributed by atoms with E-state index in [9.17, 15) is 19.0 Å². The molecule has 0 aliphatic heterocycles. The fourth-order valence-electron chi connectivity index (χ4n) is 1.84. The third-order valence-electron chi connectivity index (χ3n) is 2.96. The molecule has 0 fully saturated rings. The molecule has 5 nitrogen and oxygen atoms in total. The van der Waals surface area contributed by atoms with Gasteiger partial charge in [0.1, 0.15) is 29.9 Å². The molecule has 2 N–H and O–H groups in total. The molecular formula is C12H13F2N3O2. The molecule has 1 aromatic heterocycles. The van der Waals surface area contributed by atoms with Crippen molar-refractivity contribution in [1.82, 2.24) is 14.8 Å². The van der Waals surface area contributed by atoms with Crippen molar-refractivity contribution in [1.29, 1.82) is 0 Å². The molecule has 102 valence electrons. The lowest BCUT2D eigenvalue weighted by molar-refractivity contribution is -0.0874. The van der Waals surface area contributed by atoms with Crippen LogP contribution in [0.2, 0.25) is 0 Å². The van der Waals surface area contributed by atoms with Gasteiger partial charge in [-0.05, 0) is 13.0 Å². The summed E-state index contributed by atoms with van der Waals surface area (Å²) >= 11 is 0. The Bertz CT molecular complexity index is 560. The lowest BCUT2D eigenvalue weighted by atomic mass is 9.88. The highest BCUT2D eigenvalue weighted by molar-refractivity contribution is 5.26. The lowest BCUT2D eigenvalue weighted by Crippen LogP contribution is -2.42. The van der Waals surface area contributed by atoms with Gasteiger partial charge in [0.15, 0.2) is 0 Å². The average molecular weight is 269 g/mol. The first-order chi connectivity index (χ1) is 8.93. The van der Waals surface area contributed by atoms with Crippen molar-refractivity contribution in [3.05, 3.63) is 48.1 Å². The standard InChI is InChI=1S/C12H13F2N3O2/c1-8(18)12(19,5-17-7-15-6-16-17)10-3-2-9(13)4-11(10)14/h2-4,6-8,18-19H,5H2,1H3/t8-,12?/m1/s1. The molecule has 2 rings (SSSR count). The molecule has 0 saturated heterocycles. The Labute approximate surface area is 108 Å². The van der Waals surface area contributed by atoms with Crippen LogP contribution in [0.5, 0.6) is 0 Å². The van der Waals surface area contributed by atoms with Crippen molar-refractivity contribution in [3.8, 4) is 0 Å². The summed E-state index contributed by atoms with van der Waals surface area (Å²) in [7, 11) is 0. The zero-order valence-electron chi connectivity index (χ0n) is 10.2. The van der Waals surface area contributed by atoms with Crippen molar-refractivity contribution in [2.45, 2.75) is 25.2 Å². The zero-order valence-corrected chi connectivity index (χ0v) is 10.2. The van der Waals surface area contributed by atoms with Gasteiger partial charge in [-0.2, -0.15) is 5.10 Å². The van der Waals surface area contributed by atoms with Gasteiger partial charge in [-0.25, -0.2) is 18.4 Å². The van der Waals surface area contributed by atoms with Crippen LogP contribution in [0.25, 0.3) is 0 Å². The van der Waals surface area contributed by atoms with Crippen LogP contribution in [0.4, 0.5) is 8.78 Å². The minimum absolute atomic E-state index is 0.195. The average Bonchev–Trinajstić information content (AvgIpc) is 2.81. The number of hydrogen-bond donors (Lipinski definition) is 2. The summed E-state index contributed by atoms with van der Waals surface area (Å²) in [6.07, 6.45) is 1.30.